The highest BCUT2D eigenvalue weighted by Gasteiger charge is 2.43. The molecular weight excluding hydrogens is 160 g/mol. The van der Waals surface area contributed by atoms with Crippen molar-refractivity contribution in [3.05, 3.63) is 0 Å². The van der Waals surface area contributed by atoms with Gasteiger partial charge in [-0.1, -0.05) is 13.8 Å². The molecule has 1 saturated heterocycles. The van der Waals surface area contributed by atoms with Crippen LogP contribution in [0.1, 0.15) is 13.8 Å². The number of ether oxygens (including phenoxy) is 1. The molecule has 0 radical (unpaired) electrons. The predicted molar refractivity (Wildman–Crippen MR) is 42.6 cm³/mol. The molecule has 2 unspecified atom stereocenters. The predicted octanol–water partition coefficient (Wildman–Crippen LogP) is -0.876. The first-order chi connectivity index (χ1) is 5.57. The van der Waals surface area contributed by atoms with Gasteiger partial charge in [-0.25, -0.2) is 0 Å². The Hall–Kier alpha value is -0.160. The van der Waals surface area contributed by atoms with Crippen LogP contribution in [-0.2, 0) is 4.74 Å². The van der Waals surface area contributed by atoms with E-state index in [2.05, 4.69) is 0 Å². The van der Waals surface area contributed by atoms with Crippen molar-refractivity contribution in [1.82, 2.24) is 0 Å². The molecular formula is C8H16O4. The standard InChI is InChI=1S/C8H16O4/c1-4(2)8-7(11)6(10)5(3-9)12-8/h4-11H,3H2,1-2H3/t5-,6?,7?,8+/m1/s1. The van der Waals surface area contributed by atoms with Gasteiger partial charge < -0.3 is 20.1 Å². The van der Waals surface area contributed by atoms with Crippen LogP contribution in [0.5, 0.6) is 0 Å². The van der Waals surface area contributed by atoms with E-state index in [1.54, 1.807) is 0 Å². The minimum Gasteiger partial charge on any atom is -0.394 e. The van der Waals surface area contributed by atoms with E-state index < -0.39 is 18.3 Å². The molecule has 4 atom stereocenters. The van der Waals surface area contributed by atoms with Crippen LogP contribution >= 0.6 is 0 Å². The summed E-state index contributed by atoms with van der Waals surface area (Å²) in [5.41, 5.74) is 0. The summed E-state index contributed by atoms with van der Waals surface area (Å²) >= 11 is 0. The Morgan fingerprint density at radius 3 is 2.08 bits per heavy atom. The number of hydrogen-bond donors (Lipinski definition) is 3. The van der Waals surface area contributed by atoms with Crippen molar-refractivity contribution in [2.24, 2.45) is 5.92 Å². The third kappa shape index (κ3) is 1.61. The van der Waals surface area contributed by atoms with Crippen LogP contribution in [0.4, 0.5) is 0 Å². The van der Waals surface area contributed by atoms with Gasteiger partial charge in [-0.3, -0.25) is 0 Å². The first kappa shape index (κ1) is 9.92. The highest BCUT2D eigenvalue weighted by Crippen LogP contribution is 2.25. The van der Waals surface area contributed by atoms with Crippen LogP contribution in [0.3, 0.4) is 0 Å². The molecule has 1 heterocycles. The molecule has 1 aliphatic rings. The van der Waals surface area contributed by atoms with Crippen molar-refractivity contribution < 1.29 is 20.1 Å². The molecule has 0 spiro atoms. The lowest BCUT2D eigenvalue weighted by atomic mass is 10.00. The Balaban J connectivity index is 2.60. The van der Waals surface area contributed by atoms with Gasteiger partial charge in [0.15, 0.2) is 0 Å². The van der Waals surface area contributed by atoms with Crippen molar-refractivity contribution in [3.63, 3.8) is 0 Å². The number of aliphatic hydroxyl groups is 3. The summed E-state index contributed by atoms with van der Waals surface area (Å²) in [6, 6.07) is 0. The maximum atomic E-state index is 9.44. The molecule has 0 aromatic rings. The second-order valence-electron chi connectivity index (χ2n) is 3.55. The van der Waals surface area contributed by atoms with Crippen molar-refractivity contribution >= 4 is 0 Å². The third-order valence-corrected chi connectivity index (χ3v) is 2.24. The van der Waals surface area contributed by atoms with Crippen LogP contribution < -0.4 is 0 Å². The topological polar surface area (TPSA) is 69.9 Å². The molecule has 0 amide bonds. The first-order valence-corrected chi connectivity index (χ1v) is 4.20. The Morgan fingerprint density at radius 2 is 1.83 bits per heavy atom. The van der Waals surface area contributed by atoms with Crippen LogP contribution in [0.2, 0.25) is 0 Å². The van der Waals surface area contributed by atoms with Crippen molar-refractivity contribution in [2.75, 3.05) is 6.61 Å². The fourth-order valence-electron chi connectivity index (χ4n) is 1.48. The normalized spacial score (nSPS) is 42.5. The summed E-state index contributed by atoms with van der Waals surface area (Å²) < 4.78 is 5.25. The first-order valence-electron chi connectivity index (χ1n) is 4.20. The molecule has 12 heavy (non-hydrogen) atoms. The van der Waals surface area contributed by atoms with E-state index in [9.17, 15) is 10.2 Å². The van der Waals surface area contributed by atoms with Gasteiger partial charge in [-0.05, 0) is 5.92 Å². The van der Waals surface area contributed by atoms with Crippen molar-refractivity contribution in [2.45, 2.75) is 38.3 Å². The van der Waals surface area contributed by atoms with E-state index in [4.69, 9.17) is 9.84 Å². The van der Waals surface area contributed by atoms with E-state index >= 15 is 0 Å². The Labute approximate surface area is 71.8 Å². The van der Waals surface area contributed by atoms with E-state index in [-0.39, 0.29) is 18.6 Å². The Morgan fingerprint density at radius 1 is 1.25 bits per heavy atom. The smallest absolute Gasteiger partial charge is 0.111 e. The van der Waals surface area contributed by atoms with Gasteiger partial charge in [0.25, 0.3) is 0 Å². The third-order valence-electron chi connectivity index (χ3n) is 2.24. The largest absolute Gasteiger partial charge is 0.394 e. The summed E-state index contributed by atoms with van der Waals surface area (Å²) in [6.07, 6.45) is -2.82. The Bertz CT molecular complexity index is 148. The van der Waals surface area contributed by atoms with Gasteiger partial charge in [-0.15, -0.1) is 0 Å². The molecule has 4 heteroatoms. The summed E-state index contributed by atoms with van der Waals surface area (Å²) in [7, 11) is 0. The maximum Gasteiger partial charge on any atom is 0.111 e. The van der Waals surface area contributed by atoms with Gasteiger partial charge in [0.2, 0.25) is 0 Å². The lowest BCUT2D eigenvalue weighted by Gasteiger charge is -2.17. The summed E-state index contributed by atoms with van der Waals surface area (Å²) in [4.78, 5) is 0. The number of hydrogen-bond acceptors (Lipinski definition) is 4. The maximum absolute atomic E-state index is 9.44. The summed E-state index contributed by atoms with van der Waals surface area (Å²) in [5.74, 6) is 0.145. The summed E-state index contributed by atoms with van der Waals surface area (Å²) in [5, 5.41) is 27.5. The monoisotopic (exact) mass is 176 g/mol. The van der Waals surface area contributed by atoms with Gasteiger partial charge in [0.1, 0.15) is 18.3 Å². The van der Waals surface area contributed by atoms with Crippen LogP contribution in [0, 0.1) is 5.92 Å². The van der Waals surface area contributed by atoms with Crippen LogP contribution in [0.15, 0.2) is 0 Å². The number of aliphatic hydroxyl groups excluding tert-OH is 3. The average molecular weight is 176 g/mol. The zero-order chi connectivity index (χ0) is 9.30. The van der Waals surface area contributed by atoms with E-state index in [1.807, 2.05) is 13.8 Å². The highest BCUT2D eigenvalue weighted by atomic mass is 16.6. The fraction of sp³-hybridized carbons (Fsp3) is 1.00. The van der Waals surface area contributed by atoms with E-state index in [1.165, 1.54) is 0 Å². The lowest BCUT2D eigenvalue weighted by molar-refractivity contribution is -0.0369. The Kier molecular flexibility index (Phi) is 3.06. The van der Waals surface area contributed by atoms with Crippen molar-refractivity contribution in [3.8, 4) is 0 Å². The summed E-state index contributed by atoms with van der Waals surface area (Å²) in [6.45, 7) is 3.56. The molecule has 3 N–H and O–H groups in total. The SMILES string of the molecule is CC(C)[C@@H]1O[C@H](CO)C(O)C1O. The molecule has 0 saturated carbocycles. The highest BCUT2D eigenvalue weighted by molar-refractivity contribution is 4.91. The van der Waals surface area contributed by atoms with Gasteiger partial charge >= 0.3 is 0 Å². The molecule has 72 valence electrons. The van der Waals surface area contributed by atoms with Gasteiger partial charge in [0.05, 0.1) is 12.7 Å². The van der Waals surface area contributed by atoms with Crippen LogP contribution in [0.25, 0.3) is 0 Å². The minimum atomic E-state index is -0.956. The van der Waals surface area contributed by atoms with E-state index in [0.29, 0.717) is 0 Å². The number of rotatable bonds is 2. The molecule has 0 aromatic carbocycles. The second-order valence-corrected chi connectivity index (χ2v) is 3.55. The zero-order valence-electron chi connectivity index (χ0n) is 7.34. The van der Waals surface area contributed by atoms with Gasteiger partial charge in [-0.2, -0.15) is 0 Å². The van der Waals surface area contributed by atoms with E-state index in [0.717, 1.165) is 0 Å². The molecule has 1 aliphatic heterocycles. The molecule has 0 aromatic heterocycles. The minimum absolute atomic E-state index is 0.145. The zero-order valence-corrected chi connectivity index (χ0v) is 7.34. The molecule has 1 rings (SSSR count). The molecule has 0 aliphatic carbocycles. The quantitative estimate of drug-likeness (QED) is 0.511. The molecule has 1 fully saturated rings. The second kappa shape index (κ2) is 3.70. The lowest BCUT2D eigenvalue weighted by Crippen LogP contribution is -2.35. The molecule has 0 bridgehead atoms. The molecule has 4 nitrogen and oxygen atoms in total. The van der Waals surface area contributed by atoms with Crippen molar-refractivity contribution in [1.29, 1.82) is 0 Å². The fourth-order valence-corrected chi connectivity index (χ4v) is 1.48. The van der Waals surface area contributed by atoms with Crippen LogP contribution in [-0.4, -0.2) is 46.3 Å². The van der Waals surface area contributed by atoms with Gasteiger partial charge in [0, 0.05) is 0 Å². The average Bonchev–Trinajstić information content (AvgIpc) is 2.30.